The Morgan fingerprint density at radius 2 is 2.18 bits per heavy atom. The number of alkyl halides is 3. The van der Waals surface area contributed by atoms with E-state index in [0.29, 0.717) is 38.2 Å². The molecule has 0 amide bonds. The molecule has 1 atom stereocenters. The minimum absolute atomic E-state index is 0.0655. The summed E-state index contributed by atoms with van der Waals surface area (Å²) in [7, 11) is 0. The Hall–Kier alpha value is -1.11. The lowest BCUT2D eigenvalue weighted by Gasteiger charge is -2.23. The van der Waals surface area contributed by atoms with Gasteiger partial charge in [0.15, 0.2) is 5.82 Å². The molecule has 0 bridgehead atoms. The highest BCUT2D eigenvalue weighted by atomic mass is 19.4. The van der Waals surface area contributed by atoms with Crippen molar-refractivity contribution in [2.75, 3.05) is 6.54 Å². The summed E-state index contributed by atoms with van der Waals surface area (Å²) < 4.78 is 39.7. The van der Waals surface area contributed by atoms with Crippen LogP contribution in [0.1, 0.15) is 36.8 Å². The number of nitrogens with two attached hydrogens (primary N) is 1. The molecule has 1 aliphatic heterocycles. The van der Waals surface area contributed by atoms with Gasteiger partial charge in [0, 0.05) is 13.0 Å². The van der Waals surface area contributed by atoms with E-state index in [1.165, 1.54) is 4.68 Å². The fourth-order valence-corrected chi connectivity index (χ4v) is 2.08. The maximum Gasteiger partial charge on any atom is 0.398 e. The molecule has 1 unspecified atom stereocenters. The van der Waals surface area contributed by atoms with E-state index in [2.05, 4.69) is 10.1 Å². The van der Waals surface area contributed by atoms with Crippen LogP contribution in [0.4, 0.5) is 13.2 Å². The van der Waals surface area contributed by atoms with Gasteiger partial charge in [-0.1, -0.05) is 0 Å². The number of rotatable bonds is 3. The first-order valence-corrected chi connectivity index (χ1v) is 5.73. The van der Waals surface area contributed by atoms with Crippen LogP contribution in [0.5, 0.6) is 0 Å². The summed E-state index contributed by atoms with van der Waals surface area (Å²) in [6, 6.07) is 0. The van der Waals surface area contributed by atoms with Crippen LogP contribution in [0.25, 0.3) is 0 Å². The molecule has 0 aromatic carbocycles. The highest BCUT2D eigenvalue weighted by Crippen LogP contribution is 2.39. The van der Waals surface area contributed by atoms with Crippen LogP contribution in [0.3, 0.4) is 0 Å². The minimum Gasteiger partial charge on any atom is -0.330 e. The second kappa shape index (κ2) is 4.64. The molecule has 0 saturated heterocycles. The van der Waals surface area contributed by atoms with Crippen molar-refractivity contribution in [3.63, 3.8) is 0 Å². The maximum absolute atomic E-state index is 12.8. The molecule has 0 fully saturated rings. The Morgan fingerprint density at radius 1 is 1.41 bits per heavy atom. The van der Waals surface area contributed by atoms with Gasteiger partial charge in [-0.3, -0.25) is 0 Å². The first-order valence-electron chi connectivity index (χ1n) is 5.73. The van der Waals surface area contributed by atoms with Gasteiger partial charge >= 0.3 is 6.18 Å². The SMILES string of the molecule is NCCCc1nc2n(n1)CCCC2C(F)(F)F. The van der Waals surface area contributed by atoms with Crippen molar-refractivity contribution in [1.29, 1.82) is 0 Å². The van der Waals surface area contributed by atoms with Gasteiger partial charge in [-0.2, -0.15) is 18.3 Å². The van der Waals surface area contributed by atoms with E-state index in [0.717, 1.165) is 0 Å². The Morgan fingerprint density at radius 3 is 2.82 bits per heavy atom. The molecule has 1 aliphatic rings. The second-order valence-corrected chi connectivity index (χ2v) is 4.24. The number of hydrogen-bond acceptors (Lipinski definition) is 3. The van der Waals surface area contributed by atoms with E-state index in [9.17, 15) is 13.2 Å². The molecular weight excluding hydrogens is 233 g/mol. The Labute approximate surface area is 97.0 Å². The highest BCUT2D eigenvalue weighted by Gasteiger charge is 2.45. The van der Waals surface area contributed by atoms with Crippen LogP contribution in [-0.4, -0.2) is 27.5 Å². The third-order valence-corrected chi connectivity index (χ3v) is 2.92. The smallest absolute Gasteiger partial charge is 0.330 e. The number of hydrogen-bond donors (Lipinski definition) is 1. The lowest BCUT2D eigenvalue weighted by atomic mass is 9.99. The van der Waals surface area contributed by atoms with Crippen molar-refractivity contribution in [1.82, 2.24) is 14.8 Å². The van der Waals surface area contributed by atoms with Crippen LogP contribution >= 0.6 is 0 Å². The van der Waals surface area contributed by atoms with Gasteiger partial charge in [0.2, 0.25) is 0 Å². The lowest BCUT2D eigenvalue weighted by Crippen LogP contribution is -2.28. The molecule has 17 heavy (non-hydrogen) atoms. The molecule has 2 rings (SSSR count). The average Bonchev–Trinajstić information content (AvgIpc) is 2.66. The number of aryl methyl sites for hydroxylation is 2. The number of nitrogens with zero attached hydrogens (tertiary/aromatic N) is 3. The summed E-state index contributed by atoms with van der Waals surface area (Å²) in [6.45, 7) is 1.02. The largest absolute Gasteiger partial charge is 0.398 e. The van der Waals surface area contributed by atoms with E-state index in [-0.39, 0.29) is 12.2 Å². The first kappa shape index (κ1) is 12.3. The zero-order valence-electron chi connectivity index (χ0n) is 9.37. The first-order chi connectivity index (χ1) is 8.02. The number of aromatic nitrogens is 3. The standard InChI is InChI=1S/C10H15F3N4/c11-10(12,13)7-3-2-6-17-9(7)15-8(16-17)4-1-5-14/h7H,1-6,14H2. The molecule has 4 nitrogen and oxygen atoms in total. The fraction of sp³-hybridized carbons (Fsp3) is 0.800. The summed E-state index contributed by atoms with van der Waals surface area (Å²) in [5.74, 6) is -0.923. The second-order valence-electron chi connectivity index (χ2n) is 4.24. The van der Waals surface area contributed by atoms with E-state index in [4.69, 9.17) is 5.73 Å². The van der Waals surface area contributed by atoms with Gasteiger partial charge in [0.25, 0.3) is 0 Å². The quantitative estimate of drug-likeness (QED) is 0.884. The third kappa shape index (κ3) is 2.59. The summed E-state index contributed by atoms with van der Waals surface area (Å²) in [6.07, 6.45) is -2.38. The van der Waals surface area contributed by atoms with Crippen molar-refractivity contribution in [3.05, 3.63) is 11.6 Å². The molecule has 1 aromatic rings. The summed E-state index contributed by atoms with van der Waals surface area (Å²) in [5, 5.41) is 4.10. The molecule has 7 heteroatoms. The van der Waals surface area contributed by atoms with Gasteiger partial charge in [-0.15, -0.1) is 0 Å². The van der Waals surface area contributed by atoms with Crippen molar-refractivity contribution in [3.8, 4) is 0 Å². The van der Waals surface area contributed by atoms with Crippen LogP contribution in [0.2, 0.25) is 0 Å². The average molecular weight is 248 g/mol. The van der Waals surface area contributed by atoms with E-state index in [1.54, 1.807) is 0 Å². The third-order valence-electron chi connectivity index (χ3n) is 2.92. The van der Waals surface area contributed by atoms with Gasteiger partial charge in [-0.05, 0) is 25.8 Å². The lowest BCUT2D eigenvalue weighted by molar-refractivity contribution is -0.156. The van der Waals surface area contributed by atoms with E-state index in [1.807, 2.05) is 0 Å². The Kier molecular flexibility index (Phi) is 3.37. The van der Waals surface area contributed by atoms with Crippen LogP contribution < -0.4 is 5.73 Å². The fourth-order valence-electron chi connectivity index (χ4n) is 2.08. The molecule has 0 spiro atoms. The Bertz CT molecular complexity index is 385. The van der Waals surface area contributed by atoms with E-state index < -0.39 is 12.1 Å². The molecule has 96 valence electrons. The summed E-state index contributed by atoms with van der Waals surface area (Å²) in [5.41, 5.74) is 5.35. The molecule has 0 saturated carbocycles. The number of fused-ring (bicyclic) bond motifs is 1. The summed E-state index contributed by atoms with van der Waals surface area (Å²) in [4.78, 5) is 4.01. The maximum atomic E-state index is 12.8. The van der Waals surface area contributed by atoms with Crippen LogP contribution in [-0.2, 0) is 13.0 Å². The number of halogens is 3. The summed E-state index contributed by atoms with van der Waals surface area (Å²) >= 11 is 0. The molecule has 0 radical (unpaired) electrons. The topological polar surface area (TPSA) is 56.7 Å². The molecule has 1 aromatic heterocycles. The highest BCUT2D eigenvalue weighted by molar-refractivity contribution is 5.06. The van der Waals surface area contributed by atoms with Crippen molar-refractivity contribution in [2.24, 2.45) is 5.73 Å². The zero-order chi connectivity index (χ0) is 12.5. The molecular formula is C10H15F3N4. The van der Waals surface area contributed by atoms with Gasteiger partial charge in [-0.25, -0.2) is 9.67 Å². The van der Waals surface area contributed by atoms with E-state index >= 15 is 0 Å². The monoisotopic (exact) mass is 248 g/mol. The van der Waals surface area contributed by atoms with Crippen LogP contribution in [0, 0.1) is 0 Å². The normalized spacial score (nSPS) is 20.4. The minimum atomic E-state index is -4.23. The predicted octanol–water partition coefficient (Wildman–Crippen LogP) is 1.61. The van der Waals surface area contributed by atoms with Crippen molar-refractivity contribution >= 4 is 0 Å². The zero-order valence-corrected chi connectivity index (χ0v) is 9.37. The van der Waals surface area contributed by atoms with Gasteiger partial charge < -0.3 is 5.73 Å². The molecule has 2 heterocycles. The van der Waals surface area contributed by atoms with Gasteiger partial charge in [0.1, 0.15) is 11.7 Å². The molecule has 0 aliphatic carbocycles. The predicted molar refractivity (Wildman–Crippen MR) is 55.4 cm³/mol. The van der Waals surface area contributed by atoms with Crippen molar-refractivity contribution in [2.45, 2.75) is 44.3 Å². The Balaban J connectivity index is 2.22. The van der Waals surface area contributed by atoms with Crippen LogP contribution in [0.15, 0.2) is 0 Å². The molecule has 2 N–H and O–H groups in total. The van der Waals surface area contributed by atoms with Crippen molar-refractivity contribution < 1.29 is 13.2 Å². The van der Waals surface area contributed by atoms with Gasteiger partial charge in [0.05, 0.1) is 0 Å².